The van der Waals surface area contributed by atoms with E-state index in [1.54, 1.807) is 48.5 Å². The summed E-state index contributed by atoms with van der Waals surface area (Å²) in [5.41, 5.74) is 1.78. The highest BCUT2D eigenvalue weighted by Gasteiger charge is 2.21. The summed E-state index contributed by atoms with van der Waals surface area (Å²) in [7, 11) is -3.21. The Hall–Kier alpha value is -1.59. The van der Waals surface area contributed by atoms with Gasteiger partial charge < -0.3 is 20.1 Å². The molecular formula is C12H12B2O4. The Morgan fingerprint density at radius 2 is 0.889 bits per heavy atom. The number of hydrogen-bond donors (Lipinski definition) is 4. The van der Waals surface area contributed by atoms with Gasteiger partial charge in [-0.15, -0.1) is 0 Å². The second-order valence-electron chi connectivity index (χ2n) is 3.92. The van der Waals surface area contributed by atoms with Gasteiger partial charge in [-0.3, -0.25) is 0 Å². The molecule has 0 aliphatic heterocycles. The Labute approximate surface area is 105 Å². The first-order valence-electron chi connectivity index (χ1n) is 5.51. The van der Waals surface area contributed by atoms with Gasteiger partial charge in [-0.05, 0) is 22.1 Å². The van der Waals surface area contributed by atoms with Gasteiger partial charge in [0.05, 0.1) is 0 Å². The zero-order chi connectivity index (χ0) is 13.1. The van der Waals surface area contributed by atoms with E-state index >= 15 is 0 Å². The molecule has 0 radical (unpaired) electrons. The SMILES string of the molecule is OB(O)c1ccccc1-c1ccccc1B(O)O. The maximum Gasteiger partial charge on any atom is 0.489 e. The highest BCUT2D eigenvalue weighted by Crippen LogP contribution is 2.15. The molecule has 0 atom stereocenters. The molecule has 4 N–H and O–H groups in total. The van der Waals surface area contributed by atoms with Crippen molar-refractivity contribution in [2.24, 2.45) is 0 Å². The maximum atomic E-state index is 9.33. The van der Waals surface area contributed by atoms with Crippen LogP contribution in [0.2, 0.25) is 0 Å². The van der Waals surface area contributed by atoms with Crippen molar-refractivity contribution in [2.75, 3.05) is 0 Å². The van der Waals surface area contributed by atoms with Crippen LogP contribution in [0, 0.1) is 0 Å². The molecule has 2 rings (SSSR count). The molecule has 0 saturated heterocycles. The van der Waals surface area contributed by atoms with Crippen molar-refractivity contribution in [3.8, 4) is 11.1 Å². The normalized spacial score (nSPS) is 10.2. The zero-order valence-electron chi connectivity index (χ0n) is 9.56. The van der Waals surface area contributed by atoms with E-state index in [-0.39, 0.29) is 0 Å². The van der Waals surface area contributed by atoms with Crippen LogP contribution in [0.25, 0.3) is 11.1 Å². The van der Waals surface area contributed by atoms with Crippen LogP contribution in [0.1, 0.15) is 0 Å². The van der Waals surface area contributed by atoms with E-state index in [0.29, 0.717) is 22.1 Å². The summed E-state index contributed by atoms with van der Waals surface area (Å²) in [6, 6.07) is 13.5. The number of hydrogen-bond acceptors (Lipinski definition) is 4. The maximum absolute atomic E-state index is 9.33. The van der Waals surface area contributed by atoms with Gasteiger partial charge in [0, 0.05) is 0 Å². The molecule has 0 heterocycles. The van der Waals surface area contributed by atoms with Gasteiger partial charge in [-0.25, -0.2) is 0 Å². The molecule has 0 aliphatic rings. The third-order valence-corrected chi connectivity index (χ3v) is 2.77. The van der Waals surface area contributed by atoms with E-state index in [9.17, 15) is 20.1 Å². The molecule has 0 saturated carbocycles. The minimum atomic E-state index is -1.61. The minimum absolute atomic E-state index is 0.325. The molecule has 0 fully saturated rings. The molecule has 2 aromatic carbocycles. The molecule has 90 valence electrons. The predicted molar refractivity (Wildman–Crippen MR) is 71.5 cm³/mol. The van der Waals surface area contributed by atoms with Crippen LogP contribution in [0.3, 0.4) is 0 Å². The topological polar surface area (TPSA) is 80.9 Å². The fraction of sp³-hybridized carbons (Fsp3) is 0. The van der Waals surface area contributed by atoms with Gasteiger partial charge in [-0.1, -0.05) is 48.5 Å². The van der Waals surface area contributed by atoms with Crippen molar-refractivity contribution in [1.82, 2.24) is 0 Å². The van der Waals surface area contributed by atoms with Gasteiger partial charge in [0.2, 0.25) is 0 Å². The van der Waals surface area contributed by atoms with Crippen LogP contribution >= 0.6 is 0 Å². The van der Waals surface area contributed by atoms with Crippen molar-refractivity contribution < 1.29 is 20.1 Å². The first kappa shape index (κ1) is 12.9. The summed E-state index contributed by atoms with van der Waals surface area (Å²) in [6.45, 7) is 0. The summed E-state index contributed by atoms with van der Waals surface area (Å²) in [6.07, 6.45) is 0. The Morgan fingerprint density at radius 3 is 1.22 bits per heavy atom. The van der Waals surface area contributed by atoms with Gasteiger partial charge in [-0.2, -0.15) is 0 Å². The number of rotatable bonds is 3. The van der Waals surface area contributed by atoms with Crippen LogP contribution in [0.15, 0.2) is 48.5 Å². The highest BCUT2D eigenvalue weighted by atomic mass is 16.4. The average Bonchev–Trinajstić information content (AvgIpc) is 2.38. The smallest absolute Gasteiger partial charge is 0.423 e. The molecule has 0 amide bonds. The average molecular weight is 242 g/mol. The zero-order valence-corrected chi connectivity index (χ0v) is 9.56. The lowest BCUT2D eigenvalue weighted by Gasteiger charge is -2.13. The first-order chi connectivity index (χ1) is 8.61. The third kappa shape index (κ3) is 2.47. The fourth-order valence-electron chi connectivity index (χ4n) is 1.93. The quantitative estimate of drug-likeness (QED) is 0.505. The molecular weight excluding hydrogens is 230 g/mol. The van der Waals surface area contributed by atoms with E-state index in [4.69, 9.17) is 0 Å². The van der Waals surface area contributed by atoms with Crippen LogP contribution in [0.4, 0.5) is 0 Å². The van der Waals surface area contributed by atoms with Gasteiger partial charge >= 0.3 is 14.2 Å². The van der Waals surface area contributed by atoms with Gasteiger partial charge in [0.25, 0.3) is 0 Å². The molecule has 0 bridgehead atoms. The number of benzene rings is 2. The monoisotopic (exact) mass is 242 g/mol. The van der Waals surface area contributed by atoms with Crippen LogP contribution in [0.5, 0.6) is 0 Å². The standard InChI is InChI=1S/C12H12B2O4/c15-13(16)11-7-3-1-5-9(11)10-6-2-4-8-12(10)14(17)18/h1-8,15-18H. The van der Waals surface area contributed by atoms with E-state index in [2.05, 4.69) is 0 Å². The van der Waals surface area contributed by atoms with Gasteiger partial charge in [0.1, 0.15) is 0 Å². The van der Waals surface area contributed by atoms with Crippen molar-refractivity contribution in [1.29, 1.82) is 0 Å². The first-order valence-corrected chi connectivity index (χ1v) is 5.51. The largest absolute Gasteiger partial charge is 0.489 e. The lowest BCUT2D eigenvalue weighted by molar-refractivity contribution is 0.424. The highest BCUT2D eigenvalue weighted by molar-refractivity contribution is 6.63. The molecule has 2 aromatic rings. The summed E-state index contributed by atoms with van der Waals surface area (Å²) >= 11 is 0. The Morgan fingerprint density at radius 1 is 0.556 bits per heavy atom. The molecule has 0 aromatic heterocycles. The van der Waals surface area contributed by atoms with Crippen molar-refractivity contribution in [3.05, 3.63) is 48.5 Å². The molecule has 0 unspecified atom stereocenters. The Kier molecular flexibility index (Phi) is 3.84. The Bertz CT molecular complexity index is 494. The van der Waals surface area contributed by atoms with E-state index < -0.39 is 14.2 Å². The van der Waals surface area contributed by atoms with Crippen molar-refractivity contribution in [3.63, 3.8) is 0 Å². The Balaban J connectivity index is 2.62. The lowest BCUT2D eigenvalue weighted by Crippen LogP contribution is -2.36. The molecule has 0 aliphatic carbocycles. The van der Waals surface area contributed by atoms with Crippen LogP contribution in [-0.2, 0) is 0 Å². The second kappa shape index (κ2) is 5.37. The van der Waals surface area contributed by atoms with Crippen LogP contribution in [-0.4, -0.2) is 34.3 Å². The summed E-state index contributed by atoms with van der Waals surface area (Å²) in [5.74, 6) is 0. The summed E-state index contributed by atoms with van der Waals surface area (Å²) < 4.78 is 0. The van der Waals surface area contributed by atoms with E-state index in [1.165, 1.54) is 0 Å². The lowest BCUT2D eigenvalue weighted by atomic mass is 9.70. The molecule has 18 heavy (non-hydrogen) atoms. The molecule has 6 heteroatoms. The summed E-state index contributed by atoms with van der Waals surface area (Å²) in [5, 5.41) is 37.3. The third-order valence-electron chi connectivity index (χ3n) is 2.77. The summed E-state index contributed by atoms with van der Waals surface area (Å²) in [4.78, 5) is 0. The van der Waals surface area contributed by atoms with E-state index in [0.717, 1.165) is 0 Å². The fourth-order valence-corrected chi connectivity index (χ4v) is 1.93. The molecule has 4 nitrogen and oxygen atoms in total. The van der Waals surface area contributed by atoms with Gasteiger partial charge in [0.15, 0.2) is 0 Å². The van der Waals surface area contributed by atoms with Crippen molar-refractivity contribution >= 4 is 25.2 Å². The molecule has 0 spiro atoms. The minimum Gasteiger partial charge on any atom is -0.423 e. The van der Waals surface area contributed by atoms with Crippen molar-refractivity contribution in [2.45, 2.75) is 0 Å². The van der Waals surface area contributed by atoms with Crippen LogP contribution < -0.4 is 10.9 Å². The predicted octanol–water partition coefficient (Wildman–Crippen LogP) is -1.29. The second-order valence-corrected chi connectivity index (χ2v) is 3.92. The van der Waals surface area contributed by atoms with E-state index in [1.807, 2.05) is 0 Å².